The van der Waals surface area contributed by atoms with E-state index in [1.807, 2.05) is 66.7 Å². The summed E-state index contributed by atoms with van der Waals surface area (Å²) in [7, 11) is 0. The number of nitrogens with zero attached hydrogens (tertiary/aromatic N) is 5. The Morgan fingerprint density at radius 1 is 0.775 bits per heavy atom. The maximum Gasteiger partial charge on any atom is 0.228 e. The molecule has 40 heavy (non-hydrogen) atoms. The fourth-order valence-corrected chi connectivity index (χ4v) is 4.81. The zero-order valence-corrected chi connectivity index (χ0v) is 21.2. The van der Waals surface area contributed by atoms with Crippen molar-refractivity contribution in [1.29, 1.82) is 0 Å². The van der Waals surface area contributed by atoms with E-state index in [9.17, 15) is 4.79 Å². The van der Waals surface area contributed by atoms with Crippen LogP contribution in [0.1, 0.15) is 5.56 Å². The lowest BCUT2D eigenvalue weighted by Crippen LogP contribution is -2.14. The molecule has 3 N–H and O–H groups in total. The molecule has 9 heteroatoms. The lowest BCUT2D eigenvalue weighted by molar-refractivity contribution is -0.115. The van der Waals surface area contributed by atoms with E-state index in [1.165, 1.54) is 0 Å². The van der Waals surface area contributed by atoms with Crippen LogP contribution in [0, 0.1) is 0 Å². The van der Waals surface area contributed by atoms with Gasteiger partial charge in [0, 0.05) is 46.9 Å². The first-order valence-electron chi connectivity index (χ1n) is 12.7. The average Bonchev–Trinajstić information content (AvgIpc) is 3.62. The summed E-state index contributed by atoms with van der Waals surface area (Å²) >= 11 is 0. The molecule has 0 aliphatic carbocycles. The van der Waals surface area contributed by atoms with E-state index in [1.54, 1.807) is 37.2 Å². The number of H-pyrrole nitrogens is 2. The average molecular weight is 523 g/mol. The molecule has 2 aromatic carbocycles. The van der Waals surface area contributed by atoms with E-state index >= 15 is 0 Å². The van der Waals surface area contributed by atoms with Crippen molar-refractivity contribution in [2.45, 2.75) is 6.42 Å². The Labute approximate surface area is 228 Å². The van der Waals surface area contributed by atoms with Crippen molar-refractivity contribution in [3.05, 3.63) is 109 Å². The van der Waals surface area contributed by atoms with Gasteiger partial charge in [0.2, 0.25) is 5.91 Å². The van der Waals surface area contributed by atoms with Crippen molar-refractivity contribution < 1.29 is 4.79 Å². The fourth-order valence-electron chi connectivity index (χ4n) is 4.81. The maximum atomic E-state index is 12.6. The van der Waals surface area contributed by atoms with Crippen LogP contribution in [0.3, 0.4) is 0 Å². The van der Waals surface area contributed by atoms with Crippen molar-refractivity contribution in [1.82, 2.24) is 35.1 Å². The number of aromatic nitrogens is 7. The summed E-state index contributed by atoms with van der Waals surface area (Å²) in [5, 5.41) is 11.5. The van der Waals surface area contributed by atoms with Gasteiger partial charge in [-0.05, 0) is 35.4 Å². The fraction of sp³-hybridized carbons (Fsp3) is 0.0323. The number of pyridine rings is 3. The van der Waals surface area contributed by atoms with Crippen LogP contribution >= 0.6 is 0 Å². The molecule has 0 fully saturated rings. The Morgan fingerprint density at radius 2 is 1.65 bits per heavy atom. The molecule has 0 atom stereocenters. The minimum atomic E-state index is -0.0947. The van der Waals surface area contributed by atoms with Gasteiger partial charge in [0.15, 0.2) is 5.82 Å². The van der Waals surface area contributed by atoms with Crippen molar-refractivity contribution in [3.8, 4) is 33.8 Å². The topological polar surface area (TPSA) is 125 Å². The van der Waals surface area contributed by atoms with Gasteiger partial charge < -0.3 is 10.3 Å². The summed E-state index contributed by atoms with van der Waals surface area (Å²) in [5.41, 5.74) is 8.43. The number of imidazole rings is 1. The van der Waals surface area contributed by atoms with E-state index in [-0.39, 0.29) is 5.91 Å². The minimum Gasteiger partial charge on any atom is -0.335 e. The number of benzene rings is 2. The Hall–Kier alpha value is -5.70. The van der Waals surface area contributed by atoms with Gasteiger partial charge in [-0.3, -0.25) is 24.8 Å². The number of hydrogen-bond acceptors (Lipinski definition) is 6. The second kappa shape index (κ2) is 9.88. The van der Waals surface area contributed by atoms with Crippen molar-refractivity contribution >= 4 is 33.5 Å². The summed E-state index contributed by atoms with van der Waals surface area (Å²) in [5.74, 6) is 0.541. The molecule has 5 heterocycles. The Bertz CT molecular complexity index is 1980. The summed E-state index contributed by atoms with van der Waals surface area (Å²) in [6, 6.07) is 21.5. The lowest BCUT2D eigenvalue weighted by atomic mass is 10.0. The normalized spacial score (nSPS) is 11.2. The molecule has 1 amide bonds. The number of carbonyl (C=O) groups is 1. The summed E-state index contributed by atoms with van der Waals surface area (Å²) in [4.78, 5) is 33.9. The smallest absolute Gasteiger partial charge is 0.228 e. The molecule has 0 unspecified atom stereocenters. The second-order valence-corrected chi connectivity index (χ2v) is 9.42. The molecule has 0 saturated heterocycles. The molecule has 0 aliphatic heterocycles. The quantitative estimate of drug-likeness (QED) is 0.253. The van der Waals surface area contributed by atoms with Crippen molar-refractivity contribution in [2.75, 3.05) is 5.32 Å². The molecule has 0 aliphatic rings. The van der Waals surface area contributed by atoms with Gasteiger partial charge in [0.25, 0.3) is 0 Å². The van der Waals surface area contributed by atoms with E-state index in [0.29, 0.717) is 23.6 Å². The third-order valence-electron chi connectivity index (χ3n) is 6.72. The number of fused-ring (bicyclic) bond motifs is 2. The third-order valence-corrected chi connectivity index (χ3v) is 6.72. The molecule has 9 nitrogen and oxygen atoms in total. The van der Waals surface area contributed by atoms with Gasteiger partial charge in [-0.25, -0.2) is 4.98 Å². The molecular weight excluding hydrogens is 500 g/mol. The first-order valence-corrected chi connectivity index (χ1v) is 12.7. The number of carbonyl (C=O) groups excluding carboxylic acids is 1. The number of anilines is 1. The SMILES string of the molecule is O=C(Cc1ccccc1)Nc1cncc(-c2ccc3[nH]nc(-c4nc5c(-c6cccnc6)cncc5[nH]4)c3c2)c1. The summed E-state index contributed by atoms with van der Waals surface area (Å²) in [6.07, 6.45) is 10.8. The molecule has 192 valence electrons. The van der Waals surface area contributed by atoms with Gasteiger partial charge in [-0.1, -0.05) is 42.5 Å². The second-order valence-electron chi connectivity index (χ2n) is 9.42. The van der Waals surface area contributed by atoms with E-state index in [4.69, 9.17) is 4.98 Å². The van der Waals surface area contributed by atoms with Crippen LogP contribution in [-0.4, -0.2) is 41.0 Å². The largest absolute Gasteiger partial charge is 0.335 e. The van der Waals surface area contributed by atoms with Gasteiger partial charge in [-0.2, -0.15) is 5.10 Å². The van der Waals surface area contributed by atoms with Crippen LogP contribution in [0.25, 0.3) is 55.7 Å². The van der Waals surface area contributed by atoms with Crippen LogP contribution in [0.15, 0.2) is 104 Å². The molecule has 7 aromatic rings. The van der Waals surface area contributed by atoms with Crippen LogP contribution in [0.4, 0.5) is 5.69 Å². The highest BCUT2D eigenvalue weighted by Gasteiger charge is 2.16. The molecule has 5 aromatic heterocycles. The minimum absolute atomic E-state index is 0.0947. The molecule has 0 spiro atoms. The number of rotatable bonds is 6. The monoisotopic (exact) mass is 522 g/mol. The van der Waals surface area contributed by atoms with Gasteiger partial charge in [0.1, 0.15) is 11.2 Å². The zero-order chi connectivity index (χ0) is 26.9. The van der Waals surface area contributed by atoms with E-state index in [2.05, 4.69) is 35.5 Å². The Kier molecular flexibility index (Phi) is 5.78. The molecule has 0 bridgehead atoms. The Morgan fingerprint density at radius 3 is 2.52 bits per heavy atom. The lowest BCUT2D eigenvalue weighted by Gasteiger charge is -2.08. The molecule has 0 radical (unpaired) electrons. The summed E-state index contributed by atoms with van der Waals surface area (Å²) < 4.78 is 0. The van der Waals surface area contributed by atoms with Crippen LogP contribution in [0.2, 0.25) is 0 Å². The number of nitrogens with one attached hydrogen (secondary N) is 3. The highest BCUT2D eigenvalue weighted by Crippen LogP contribution is 2.33. The predicted molar refractivity (Wildman–Crippen MR) is 154 cm³/mol. The van der Waals surface area contributed by atoms with E-state index in [0.717, 1.165) is 49.8 Å². The van der Waals surface area contributed by atoms with Gasteiger partial charge >= 0.3 is 0 Å². The molecule has 7 rings (SSSR count). The first-order chi connectivity index (χ1) is 19.7. The molecule has 0 saturated carbocycles. The number of amides is 1. The van der Waals surface area contributed by atoms with Crippen molar-refractivity contribution in [2.24, 2.45) is 0 Å². The van der Waals surface area contributed by atoms with Crippen LogP contribution in [-0.2, 0) is 11.2 Å². The standard InChI is InChI=1S/C31H22N8O/c40-28(11-19-5-2-1-3-6-19)35-23-12-22(15-33-16-23)20-8-9-26-24(13-20)30(39-38-26)31-36-27-18-34-17-25(29(27)37-31)21-7-4-10-32-14-21/h1-10,12-18H,11H2,(H,35,40)(H,36,37)(H,38,39). The maximum absolute atomic E-state index is 12.6. The number of hydrogen-bond donors (Lipinski definition) is 3. The Balaban J connectivity index is 1.21. The third kappa shape index (κ3) is 4.45. The molecular formula is C31H22N8O. The van der Waals surface area contributed by atoms with Gasteiger partial charge in [0.05, 0.1) is 35.5 Å². The van der Waals surface area contributed by atoms with Crippen molar-refractivity contribution in [3.63, 3.8) is 0 Å². The van der Waals surface area contributed by atoms with Gasteiger partial charge in [-0.15, -0.1) is 0 Å². The highest BCUT2D eigenvalue weighted by atomic mass is 16.1. The zero-order valence-electron chi connectivity index (χ0n) is 21.2. The summed E-state index contributed by atoms with van der Waals surface area (Å²) in [6.45, 7) is 0. The van der Waals surface area contributed by atoms with E-state index < -0.39 is 0 Å². The highest BCUT2D eigenvalue weighted by molar-refractivity contribution is 5.98. The van der Waals surface area contributed by atoms with Crippen LogP contribution in [0.5, 0.6) is 0 Å². The first kappa shape index (κ1) is 23.4. The number of aromatic amines is 2. The predicted octanol–water partition coefficient (Wildman–Crippen LogP) is 5.81. The van der Waals surface area contributed by atoms with Crippen LogP contribution < -0.4 is 5.32 Å².